The van der Waals surface area contributed by atoms with Crippen molar-refractivity contribution >= 4 is 0 Å². The van der Waals surface area contributed by atoms with Gasteiger partial charge in [-0.3, -0.25) is 0 Å². The first-order chi connectivity index (χ1) is 9.86. The Kier molecular flexibility index (Phi) is 10.4. The quantitative estimate of drug-likeness (QED) is 0.371. The van der Waals surface area contributed by atoms with Gasteiger partial charge < -0.3 is 0 Å². The van der Waals surface area contributed by atoms with E-state index in [1.165, 1.54) is 81.8 Å². The lowest BCUT2D eigenvalue weighted by atomic mass is 10.0. The van der Waals surface area contributed by atoms with Gasteiger partial charge in [-0.25, -0.2) is 0 Å². The van der Waals surface area contributed by atoms with E-state index in [1.54, 1.807) is 0 Å². The van der Waals surface area contributed by atoms with Crippen molar-refractivity contribution in [3.8, 4) is 0 Å². The molecule has 0 heterocycles. The number of benzene rings is 1. The van der Waals surface area contributed by atoms with E-state index in [0.29, 0.717) is 0 Å². The fourth-order valence-electron chi connectivity index (χ4n) is 2.76. The van der Waals surface area contributed by atoms with Crippen LogP contribution in [0.2, 0.25) is 0 Å². The van der Waals surface area contributed by atoms with Crippen molar-refractivity contribution in [3.63, 3.8) is 0 Å². The highest BCUT2D eigenvalue weighted by molar-refractivity contribution is 5.22. The molecule has 0 amide bonds. The minimum atomic E-state index is 1.15. The first kappa shape index (κ1) is 17.3. The van der Waals surface area contributed by atoms with E-state index < -0.39 is 0 Å². The van der Waals surface area contributed by atoms with Gasteiger partial charge in [-0.2, -0.15) is 0 Å². The fraction of sp³-hybridized carbons (Fsp3) is 0.700. The minimum Gasteiger partial charge on any atom is -0.0654 e. The zero-order valence-corrected chi connectivity index (χ0v) is 13.8. The summed E-state index contributed by atoms with van der Waals surface area (Å²) in [4.78, 5) is 0. The van der Waals surface area contributed by atoms with Crippen LogP contribution >= 0.6 is 0 Å². The highest BCUT2D eigenvalue weighted by Gasteiger charge is 1.95. The first-order valence-corrected chi connectivity index (χ1v) is 8.94. The summed E-state index contributed by atoms with van der Waals surface area (Å²) in [5, 5.41) is 0. The first-order valence-electron chi connectivity index (χ1n) is 8.94. The maximum absolute atomic E-state index is 2.31. The van der Waals surface area contributed by atoms with Crippen LogP contribution < -0.4 is 0 Å². The Bertz CT molecular complexity index is 309. The number of unbranched alkanes of at least 4 members (excludes halogenated alkanes) is 9. The molecule has 0 aliphatic rings. The molecule has 0 saturated heterocycles. The molecule has 1 aromatic rings. The Hall–Kier alpha value is -0.780. The van der Waals surface area contributed by atoms with E-state index in [0.717, 1.165) is 6.42 Å². The third-order valence-electron chi connectivity index (χ3n) is 4.25. The van der Waals surface area contributed by atoms with Crippen LogP contribution in [0.25, 0.3) is 0 Å². The van der Waals surface area contributed by atoms with Crippen LogP contribution in [0.4, 0.5) is 0 Å². The molecule has 1 rings (SSSR count). The summed E-state index contributed by atoms with van der Waals surface area (Å²) in [7, 11) is 0. The van der Waals surface area contributed by atoms with Gasteiger partial charge in [0.05, 0.1) is 0 Å². The minimum absolute atomic E-state index is 1.15. The average Bonchev–Trinajstić information content (AvgIpc) is 2.50. The molecule has 0 radical (unpaired) electrons. The molecule has 114 valence electrons. The van der Waals surface area contributed by atoms with E-state index in [4.69, 9.17) is 0 Å². The Labute approximate surface area is 127 Å². The normalized spacial score (nSPS) is 10.9. The molecule has 0 spiro atoms. The lowest BCUT2D eigenvalue weighted by Gasteiger charge is -2.04. The van der Waals surface area contributed by atoms with Crippen LogP contribution in [0, 0.1) is 0 Å². The van der Waals surface area contributed by atoms with Crippen LogP contribution in [-0.2, 0) is 12.8 Å². The monoisotopic (exact) mass is 274 g/mol. The maximum Gasteiger partial charge on any atom is -0.0279 e. The maximum atomic E-state index is 2.31. The molecule has 0 unspecified atom stereocenters. The van der Waals surface area contributed by atoms with Crippen LogP contribution in [0.3, 0.4) is 0 Å². The fourth-order valence-corrected chi connectivity index (χ4v) is 2.76. The van der Waals surface area contributed by atoms with Gasteiger partial charge in [0.15, 0.2) is 0 Å². The van der Waals surface area contributed by atoms with Gasteiger partial charge in [-0.1, -0.05) is 95.9 Å². The van der Waals surface area contributed by atoms with Gasteiger partial charge in [-0.15, -0.1) is 0 Å². The van der Waals surface area contributed by atoms with E-state index >= 15 is 0 Å². The highest BCUT2D eigenvalue weighted by atomic mass is 14.0. The van der Waals surface area contributed by atoms with Crippen LogP contribution in [-0.4, -0.2) is 0 Å². The van der Waals surface area contributed by atoms with Crippen molar-refractivity contribution in [3.05, 3.63) is 35.4 Å². The lowest BCUT2D eigenvalue weighted by Crippen LogP contribution is -1.88. The van der Waals surface area contributed by atoms with Gasteiger partial charge in [-0.05, 0) is 30.4 Å². The van der Waals surface area contributed by atoms with Crippen molar-refractivity contribution in [1.29, 1.82) is 0 Å². The summed E-state index contributed by atoms with van der Waals surface area (Å²) < 4.78 is 0. The van der Waals surface area contributed by atoms with E-state index in [1.807, 2.05) is 0 Å². The van der Waals surface area contributed by atoms with Crippen molar-refractivity contribution in [2.24, 2.45) is 0 Å². The molecule has 0 nitrogen and oxygen atoms in total. The van der Waals surface area contributed by atoms with E-state index in [2.05, 4.69) is 38.1 Å². The van der Waals surface area contributed by atoms with Crippen LogP contribution in [0.1, 0.15) is 89.2 Å². The van der Waals surface area contributed by atoms with Crippen LogP contribution in [0.15, 0.2) is 24.3 Å². The van der Waals surface area contributed by atoms with Crippen molar-refractivity contribution in [1.82, 2.24) is 0 Å². The molecule has 1 aromatic carbocycles. The van der Waals surface area contributed by atoms with E-state index in [9.17, 15) is 0 Å². The zero-order valence-electron chi connectivity index (χ0n) is 13.8. The summed E-state index contributed by atoms with van der Waals surface area (Å²) in [6.07, 6.45) is 16.7. The molecule has 0 saturated carbocycles. The number of hydrogen-bond acceptors (Lipinski definition) is 0. The van der Waals surface area contributed by atoms with Gasteiger partial charge in [0, 0.05) is 0 Å². The van der Waals surface area contributed by atoms with Gasteiger partial charge in [0.2, 0.25) is 0 Å². The topological polar surface area (TPSA) is 0 Å². The zero-order chi connectivity index (χ0) is 14.5. The van der Waals surface area contributed by atoms with Crippen LogP contribution in [0.5, 0.6) is 0 Å². The summed E-state index contributed by atoms with van der Waals surface area (Å²) in [5.74, 6) is 0. The predicted molar refractivity (Wildman–Crippen MR) is 91.4 cm³/mol. The second kappa shape index (κ2) is 12.0. The standard InChI is InChI=1S/C20H34/c1-3-5-6-7-8-9-10-11-12-13-14-20-17-15-19(4-2)16-18-20/h15-18H,3-14H2,1-2H3. The van der Waals surface area contributed by atoms with Crippen molar-refractivity contribution in [2.45, 2.75) is 90.9 Å². The van der Waals surface area contributed by atoms with E-state index in [-0.39, 0.29) is 0 Å². The molecular weight excluding hydrogens is 240 g/mol. The Morgan fingerprint density at radius 3 is 1.50 bits per heavy atom. The molecule has 0 N–H and O–H groups in total. The molecule has 0 aromatic heterocycles. The largest absolute Gasteiger partial charge is 0.0654 e. The average molecular weight is 274 g/mol. The highest BCUT2D eigenvalue weighted by Crippen LogP contribution is 2.13. The van der Waals surface area contributed by atoms with Gasteiger partial charge in [0.25, 0.3) is 0 Å². The smallest absolute Gasteiger partial charge is 0.0279 e. The molecule has 0 atom stereocenters. The number of hydrogen-bond donors (Lipinski definition) is 0. The SMILES string of the molecule is CCCCCCCCCCCCc1ccc(CC)cc1. The third kappa shape index (κ3) is 8.40. The molecular formula is C20H34. The summed E-state index contributed by atoms with van der Waals surface area (Å²) in [6, 6.07) is 9.19. The van der Waals surface area contributed by atoms with Crippen molar-refractivity contribution < 1.29 is 0 Å². The summed E-state index contributed by atoms with van der Waals surface area (Å²) in [6.45, 7) is 4.51. The number of aryl methyl sites for hydroxylation is 2. The third-order valence-corrected chi connectivity index (χ3v) is 4.25. The molecule has 20 heavy (non-hydrogen) atoms. The van der Waals surface area contributed by atoms with Crippen molar-refractivity contribution in [2.75, 3.05) is 0 Å². The molecule has 0 aliphatic carbocycles. The van der Waals surface area contributed by atoms with Gasteiger partial charge in [0.1, 0.15) is 0 Å². The number of rotatable bonds is 12. The Morgan fingerprint density at radius 1 is 0.550 bits per heavy atom. The molecule has 0 fully saturated rings. The molecule has 0 heteroatoms. The predicted octanol–water partition coefficient (Wildman–Crippen LogP) is 6.71. The van der Waals surface area contributed by atoms with Gasteiger partial charge >= 0.3 is 0 Å². The summed E-state index contributed by atoms with van der Waals surface area (Å²) >= 11 is 0. The molecule has 0 aliphatic heterocycles. The second-order valence-electron chi connectivity index (χ2n) is 6.10. The molecule has 0 bridgehead atoms. The Morgan fingerprint density at radius 2 is 1.00 bits per heavy atom. The second-order valence-corrected chi connectivity index (χ2v) is 6.10. The Balaban J connectivity index is 1.91. The lowest BCUT2D eigenvalue weighted by molar-refractivity contribution is 0.556. The summed E-state index contributed by atoms with van der Waals surface area (Å²) in [5.41, 5.74) is 2.97.